The van der Waals surface area contributed by atoms with Crippen LogP contribution in [0.5, 0.6) is 0 Å². The maximum absolute atomic E-state index is 5.42. The van der Waals surface area contributed by atoms with Crippen LogP contribution in [0.3, 0.4) is 0 Å². The van der Waals surface area contributed by atoms with E-state index in [9.17, 15) is 0 Å². The van der Waals surface area contributed by atoms with Gasteiger partial charge in [0.25, 0.3) is 0 Å². The van der Waals surface area contributed by atoms with Crippen molar-refractivity contribution in [1.29, 1.82) is 0 Å². The number of para-hydroxylation sites is 2. The number of aliphatic imine (C=N–C) groups is 1. The van der Waals surface area contributed by atoms with Crippen LogP contribution in [0.25, 0.3) is 11.0 Å². The highest BCUT2D eigenvalue weighted by atomic mass is 127. The molecule has 0 saturated carbocycles. The number of hydrogen-bond donors (Lipinski definition) is 2. The molecule has 0 radical (unpaired) electrons. The first-order valence-electron chi connectivity index (χ1n) is 8.69. The molecule has 0 aliphatic heterocycles. The molecule has 0 spiro atoms. The summed E-state index contributed by atoms with van der Waals surface area (Å²) in [6, 6.07) is 8.25. The van der Waals surface area contributed by atoms with Gasteiger partial charge in [0.05, 0.1) is 30.9 Å². The standard InChI is InChI=1S/C18H29N5O2.HI/c1-15-22-16-7-4-5-8-17(16)23(15)11-6-9-20-18(19-2)21-10-12-25-14-13-24-3;/h4-5,7-8H,6,9-14H2,1-3H3,(H2,19,20,21);1H. The van der Waals surface area contributed by atoms with Crippen molar-refractivity contribution in [3.8, 4) is 0 Å². The van der Waals surface area contributed by atoms with Gasteiger partial charge in [0.2, 0.25) is 0 Å². The van der Waals surface area contributed by atoms with Crippen LogP contribution in [0.1, 0.15) is 12.2 Å². The molecule has 1 heterocycles. The molecule has 0 saturated heterocycles. The number of rotatable bonds is 10. The Kier molecular flexibility index (Phi) is 11.2. The lowest BCUT2D eigenvalue weighted by Gasteiger charge is -2.13. The van der Waals surface area contributed by atoms with E-state index in [0.717, 1.165) is 36.8 Å². The molecule has 0 unspecified atom stereocenters. The van der Waals surface area contributed by atoms with E-state index in [0.29, 0.717) is 26.4 Å². The topological polar surface area (TPSA) is 72.7 Å². The van der Waals surface area contributed by atoms with E-state index < -0.39 is 0 Å². The van der Waals surface area contributed by atoms with Gasteiger partial charge in [-0.05, 0) is 25.5 Å². The molecule has 8 heteroatoms. The largest absolute Gasteiger partial charge is 0.382 e. The summed E-state index contributed by atoms with van der Waals surface area (Å²) in [5.41, 5.74) is 2.25. The Morgan fingerprint density at radius 2 is 1.92 bits per heavy atom. The molecule has 7 nitrogen and oxygen atoms in total. The van der Waals surface area contributed by atoms with Crippen molar-refractivity contribution in [3.63, 3.8) is 0 Å². The Morgan fingerprint density at radius 3 is 2.69 bits per heavy atom. The van der Waals surface area contributed by atoms with Gasteiger partial charge in [-0.25, -0.2) is 4.98 Å². The molecule has 2 rings (SSSR count). The minimum atomic E-state index is 0. The molecule has 0 bridgehead atoms. The van der Waals surface area contributed by atoms with Crippen molar-refractivity contribution in [2.45, 2.75) is 19.9 Å². The van der Waals surface area contributed by atoms with Crippen LogP contribution in [-0.4, -0.2) is 62.6 Å². The molecular weight excluding hydrogens is 445 g/mol. The number of nitrogens with zero attached hydrogens (tertiary/aromatic N) is 3. The molecule has 146 valence electrons. The van der Waals surface area contributed by atoms with Crippen LogP contribution in [-0.2, 0) is 16.0 Å². The van der Waals surface area contributed by atoms with Crippen molar-refractivity contribution >= 4 is 41.0 Å². The number of hydrogen-bond acceptors (Lipinski definition) is 4. The molecule has 2 N–H and O–H groups in total. The smallest absolute Gasteiger partial charge is 0.191 e. The summed E-state index contributed by atoms with van der Waals surface area (Å²) in [6.45, 7) is 6.40. The maximum Gasteiger partial charge on any atom is 0.191 e. The minimum absolute atomic E-state index is 0. The van der Waals surface area contributed by atoms with Gasteiger partial charge in [-0.1, -0.05) is 12.1 Å². The first-order chi connectivity index (χ1) is 12.3. The van der Waals surface area contributed by atoms with Crippen molar-refractivity contribution in [2.24, 2.45) is 4.99 Å². The lowest BCUT2D eigenvalue weighted by molar-refractivity contribution is 0.0733. The highest BCUT2D eigenvalue weighted by Crippen LogP contribution is 2.15. The fraction of sp³-hybridized carbons (Fsp3) is 0.556. The monoisotopic (exact) mass is 475 g/mol. The van der Waals surface area contributed by atoms with Crippen LogP contribution < -0.4 is 10.6 Å². The van der Waals surface area contributed by atoms with E-state index in [-0.39, 0.29) is 24.0 Å². The highest BCUT2D eigenvalue weighted by Gasteiger charge is 2.06. The van der Waals surface area contributed by atoms with E-state index in [1.807, 2.05) is 6.07 Å². The third-order valence-electron chi connectivity index (χ3n) is 3.89. The van der Waals surface area contributed by atoms with Crippen LogP contribution in [0.15, 0.2) is 29.3 Å². The number of aryl methyl sites for hydroxylation is 2. The second-order valence-electron chi connectivity index (χ2n) is 5.68. The van der Waals surface area contributed by atoms with E-state index >= 15 is 0 Å². The van der Waals surface area contributed by atoms with Crippen molar-refractivity contribution < 1.29 is 9.47 Å². The van der Waals surface area contributed by atoms with Gasteiger partial charge in [0.15, 0.2) is 5.96 Å². The van der Waals surface area contributed by atoms with E-state index in [1.165, 1.54) is 5.52 Å². The fourth-order valence-electron chi connectivity index (χ4n) is 2.63. The minimum Gasteiger partial charge on any atom is -0.382 e. The zero-order valence-corrected chi connectivity index (χ0v) is 18.2. The van der Waals surface area contributed by atoms with Crippen LogP contribution >= 0.6 is 24.0 Å². The summed E-state index contributed by atoms with van der Waals surface area (Å²) < 4.78 is 12.6. The Balaban J connectivity index is 0.00000338. The summed E-state index contributed by atoms with van der Waals surface area (Å²) in [5.74, 6) is 1.85. The Morgan fingerprint density at radius 1 is 1.15 bits per heavy atom. The number of guanidine groups is 1. The van der Waals surface area contributed by atoms with Gasteiger partial charge in [0, 0.05) is 33.8 Å². The van der Waals surface area contributed by atoms with E-state index in [2.05, 4.69) is 50.3 Å². The van der Waals surface area contributed by atoms with Gasteiger partial charge in [-0.15, -0.1) is 24.0 Å². The average Bonchev–Trinajstić information content (AvgIpc) is 2.95. The number of nitrogens with one attached hydrogen (secondary N) is 2. The molecule has 2 aromatic rings. The molecule has 0 atom stereocenters. The number of fused-ring (bicyclic) bond motifs is 1. The Bertz CT molecular complexity index is 675. The molecule has 0 aliphatic rings. The van der Waals surface area contributed by atoms with Gasteiger partial charge in [-0.2, -0.15) is 0 Å². The number of aromatic nitrogens is 2. The van der Waals surface area contributed by atoms with Gasteiger partial charge < -0.3 is 24.7 Å². The highest BCUT2D eigenvalue weighted by molar-refractivity contribution is 14.0. The number of ether oxygens (including phenoxy) is 2. The van der Waals surface area contributed by atoms with Crippen molar-refractivity contribution in [1.82, 2.24) is 20.2 Å². The lowest BCUT2D eigenvalue weighted by Crippen LogP contribution is -2.39. The number of halogens is 1. The Hall–Kier alpha value is -1.39. The Labute approximate surface area is 172 Å². The molecule has 1 aromatic carbocycles. The summed E-state index contributed by atoms with van der Waals surface area (Å²) in [4.78, 5) is 8.82. The SMILES string of the molecule is CN=C(NCCCn1c(C)nc2ccccc21)NCCOCCOC.I. The molecule has 0 amide bonds. The lowest BCUT2D eigenvalue weighted by atomic mass is 10.3. The molecular formula is C18H30IN5O2. The van der Waals surface area contributed by atoms with Gasteiger partial charge >= 0.3 is 0 Å². The van der Waals surface area contributed by atoms with Crippen LogP contribution in [0, 0.1) is 6.92 Å². The van der Waals surface area contributed by atoms with Gasteiger partial charge in [0.1, 0.15) is 5.82 Å². The molecule has 26 heavy (non-hydrogen) atoms. The zero-order chi connectivity index (χ0) is 17.9. The molecule has 1 aromatic heterocycles. The summed E-state index contributed by atoms with van der Waals surface area (Å²) in [5, 5.41) is 6.56. The second-order valence-corrected chi connectivity index (χ2v) is 5.68. The number of methoxy groups -OCH3 is 1. The van der Waals surface area contributed by atoms with Crippen molar-refractivity contribution in [3.05, 3.63) is 30.1 Å². The predicted octanol–water partition coefficient (Wildman–Crippen LogP) is 2.18. The quantitative estimate of drug-likeness (QED) is 0.239. The van der Waals surface area contributed by atoms with Gasteiger partial charge in [-0.3, -0.25) is 4.99 Å². The predicted molar refractivity (Wildman–Crippen MR) is 117 cm³/mol. The number of imidazole rings is 1. The third kappa shape index (κ3) is 7.08. The third-order valence-corrected chi connectivity index (χ3v) is 3.89. The first kappa shape index (κ1) is 22.7. The van der Waals surface area contributed by atoms with Crippen LogP contribution in [0.2, 0.25) is 0 Å². The van der Waals surface area contributed by atoms with Crippen molar-refractivity contribution in [2.75, 3.05) is 47.1 Å². The second kappa shape index (κ2) is 12.9. The normalized spacial score (nSPS) is 11.4. The molecule has 0 aliphatic carbocycles. The van der Waals surface area contributed by atoms with Crippen LogP contribution in [0.4, 0.5) is 0 Å². The summed E-state index contributed by atoms with van der Waals surface area (Å²) in [6.07, 6.45) is 0.992. The van der Waals surface area contributed by atoms with E-state index in [1.54, 1.807) is 14.2 Å². The average molecular weight is 475 g/mol. The molecule has 0 fully saturated rings. The summed E-state index contributed by atoms with van der Waals surface area (Å²) >= 11 is 0. The van der Waals surface area contributed by atoms with E-state index in [4.69, 9.17) is 9.47 Å². The zero-order valence-electron chi connectivity index (χ0n) is 15.8. The summed E-state index contributed by atoms with van der Waals surface area (Å²) in [7, 11) is 3.44. The number of benzene rings is 1. The fourth-order valence-corrected chi connectivity index (χ4v) is 2.63. The maximum atomic E-state index is 5.42. The first-order valence-corrected chi connectivity index (χ1v) is 8.69.